The zero-order valence-electron chi connectivity index (χ0n) is 14.5. The first kappa shape index (κ1) is 19.7. The van der Waals surface area contributed by atoms with Crippen molar-refractivity contribution in [2.24, 2.45) is 4.99 Å². The first-order valence-corrected chi connectivity index (χ1v) is 11.1. The summed E-state index contributed by atoms with van der Waals surface area (Å²) in [6.45, 7) is 2.10. The minimum absolute atomic E-state index is 0.177. The maximum Gasteiger partial charge on any atom is 0.263 e. The molecule has 0 unspecified atom stereocenters. The molecule has 2 N–H and O–H groups in total. The first-order chi connectivity index (χ1) is 12.9. The van der Waals surface area contributed by atoms with Gasteiger partial charge in [-0.2, -0.15) is 0 Å². The van der Waals surface area contributed by atoms with E-state index in [2.05, 4.69) is 15.0 Å². The number of sulfonamides is 1. The van der Waals surface area contributed by atoms with Crippen LogP contribution in [0.15, 0.2) is 63.3 Å². The fourth-order valence-corrected chi connectivity index (χ4v) is 4.64. The lowest BCUT2D eigenvalue weighted by molar-refractivity contribution is -0.121. The molecule has 142 valence electrons. The highest BCUT2D eigenvalue weighted by Gasteiger charge is 2.31. The third-order valence-corrected chi connectivity index (χ3v) is 6.51. The van der Waals surface area contributed by atoms with Crippen molar-refractivity contribution in [2.75, 3.05) is 12.3 Å². The quantitative estimate of drug-likeness (QED) is 0.552. The van der Waals surface area contributed by atoms with Gasteiger partial charge in [0.1, 0.15) is 11.9 Å². The summed E-state index contributed by atoms with van der Waals surface area (Å²) in [6.07, 6.45) is 0. The van der Waals surface area contributed by atoms with Crippen LogP contribution in [0.25, 0.3) is 0 Å². The molecule has 1 atom stereocenters. The van der Waals surface area contributed by atoms with Gasteiger partial charge in [0.25, 0.3) is 10.0 Å². The van der Waals surface area contributed by atoms with Crippen molar-refractivity contribution in [3.8, 4) is 0 Å². The molecule has 1 amide bonds. The summed E-state index contributed by atoms with van der Waals surface area (Å²) in [7, 11) is -3.61. The second-order valence-corrected chi connectivity index (χ2v) is 9.10. The van der Waals surface area contributed by atoms with Crippen LogP contribution in [-0.2, 0) is 14.8 Å². The largest absolute Gasteiger partial charge is 0.353 e. The number of aliphatic imine (C=N–C) groups is 1. The number of amides is 1. The maximum absolute atomic E-state index is 12.2. The predicted octanol–water partition coefficient (Wildman–Crippen LogP) is 2.68. The number of carbonyl (C=O) groups excluding carboxylic acids is 1. The van der Waals surface area contributed by atoms with Gasteiger partial charge in [-0.1, -0.05) is 23.7 Å². The normalized spacial score (nSPS) is 17.2. The van der Waals surface area contributed by atoms with Crippen molar-refractivity contribution in [3.05, 3.63) is 59.1 Å². The van der Waals surface area contributed by atoms with Crippen LogP contribution in [0, 0.1) is 0 Å². The molecule has 3 rings (SSSR count). The smallest absolute Gasteiger partial charge is 0.263 e. The van der Waals surface area contributed by atoms with Crippen molar-refractivity contribution >= 4 is 45.1 Å². The van der Waals surface area contributed by atoms with Crippen molar-refractivity contribution in [1.82, 2.24) is 10.0 Å². The minimum atomic E-state index is -3.61. The lowest BCUT2D eigenvalue weighted by Crippen LogP contribution is -2.35. The molecule has 0 fully saturated rings. The molecule has 0 spiro atoms. The van der Waals surface area contributed by atoms with E-state index >= 15 is 0 Å². The standard InChI is InChI=1S/C18H18ClN3O3S2/c1-12(18(23)20-10-11-26-14-8-6-13(19)7-9-14)21-17-15-4-2-3-5-16(15)27(24,25)22-17/h2-9,12H,10-11H2,1H3,(H,20,23)(H,21,22)/t12-/m0/s1. The SMILES string of the molecule is C[C@H](N=C1NS(=O)(=O)c2ccccc21)C(=O)NCCSc1ccc(Cl)cc1. The van der Waals surface area contributed by atoms with E-state index < -0.39 is 16.1 Å². The van der Waals surface area contributed by atoms with Gasteiger partial charge in [0, 0.05) is 27.8 Å². The molecule has 0 bridgehead atoms. The van der Waals surface area contributed by atoms with E-state index in [0.717, 1.165) is 4.90 Å². The van der Waals surface area contributed by atoms with Gasteiger partial charge in [0.15, 0.2) is 0 Å². The Kier molecular flexibility index (Phi) is 6.08. The van der Waals surface area contributed by atoms with E-state index in [1.165, 1.54) is 6.07 Å². The van der Waals surface area contributed by atoms with E-state index in [0.29, 0.717) is 22.9 Å². The highest BCUT2D eigenvalue weighted by atomic mass is 35.5. The molecular weight excluding hydrogens is 406 g/mol. The van der Waals surface area contributed by atoms with Gasteiger partial charge in [-0.25, -0.2) is 8.42 Å². The minimum Gasteiger partial charge on any atom is -0.353 e. The molecule has 0 aromatic heterocycles. The summed E-state index contributed by atoms with van der Waals surface area (Å²) >= 11 is 7.45. The number of hydrogen-bond acceptors (Lipinski definition) is 5. The predicted molar refractivity (Wildman–Crippen MR) is 108 cm³/mol. The number of nitrogens with zero attached hydrogens (tertiary/aromatic N) is 1. The lowest BCUT2D eigenvalue weighted by atomic mass is 10.2. The first-order valence-electron chi connectivity index (χ1n) is 8.23. The molecular formula is C18H18ClN3O3S2. The average Bonchev–Trinajstić information content (AvgIpc) is 2.90. The van der Waals surface area contributed by atoms with Crippen LogP contribution in [0.1, 0.15) is 12.5 Å². The van der Waals surface area contributed by atoms with Crippen LogP contribution in [0.3, 0.4) is 0 Å². The van der Waals surface area contributed by atoms with Crippen molar-refractivity contribution in [3.63, 3.8) is 0 Å². The van der Waals surface area contributed by atoms with Crippen LogP contribution in [0.2, 0.25) is 5.02 Å². The molecule has 0 aliphatic carbocycles. The lowest BCUT2D eigenvalue weighted by Gasteiger charge is -2.09. The van der Waals surface area contributed by atoms with Gasteiger partial charge in [-0.15, -0.1) is 11.8 Å². The van der Waals surface area contributed by atoms with Crippen LogP contribution in [0.5, 0.6) is 0 Å². The summed E-state index contributed by atoms with van der Waals surface area (Å²) in [4.78, 5) is 17.7. The number of halogens is 1. The zero-order chi connectivity index (χ0) is 19.4. The third-order valence-electron chi connectivity index (χ3n) is 3.85. The molecule has 6 nitrogen and oxygen atoms in total. The van der Waals surface area contributed by atoms with E-state index in [-0.39, 0.29) is 16.6 Å². The number of fused-ring (bicyclic) bond motifs is 1. The zero-order valence-corrected chi connectivity index (χ0v) is 16.9. The van der Waals surface area contributed by atoms with Gasteiger partial charge in [0.2, 0.25) is 5.91 Å². The van der Waals surface area contributed by atoms with Gasteiger partial charge < -0.3 is 5.32 Å². The molecule has 1 heterocycles. The maximum atomic E-state index is 12.2. The number of thioether (sulfide) groups is 1. The summed E-state index contributed by atoms with van der Waals surface area (Å²) < 4.78 is 26.6. The molecule has 9 heteroatoms. The molecule has 1 aliphatic heterocycles. The van der Waals surface area contributed by atoms with Crippen LogP contribution >= 0.6 is 23.4 Å². The number of hydrogen-bond donors (Lipinski definition) is 2. The highest BCUT2D eigenvalue weighted by Crippen LogP contribution is 2.22. The summed E-state index contributed by atoms with van der Waals surface area (Å²) in [5.41, 5.74) is 0.482. The number of carbonyl (C=O) groups is 1. The van der Waals surface area contributed by atoms with E-state index in [1.807, 2.05) is 24.3 Å². The topological polar surface area (TPSA) is 87.6 Å². The summed E-state index contributed by atoms with van der Waals surface area (Å²) in [6, 6.07) is 13.3. The Hall–Kier alpha value is -2.03. The molecule has 0 saturated carbocycles. The summed E-state index contributed by atoms with van der Waals surface area (Å²) in [5, 5.41) is 3.50. The number of amidine groups is 1. The molecule has 27 heavy (non-hydrogen) atoms. The Morgan fingerprint density at radius 3 is 2.67 bits per heavy atom. The average molecular weight is 424 g/mol. The third kappa shape index (κ3) is 4.82. The fraction of sp³-hybridized carbons (Fsp3) is 0.222. The van der Waals surface area contributed by atoms with E-state index in [9.17, 15) is 13.2 Å². The van der Waals surface area contributed by atoms with Gasteiger partial charge in [0.05, 0.1) is 4.90 Å². The van der Waals surface area contributed by atoms with E-state index in [4.69, 9.17) is 11.6 Å². The molecule has 2 aromatic rings. The van der Waals surface area contributed by atoms with Crippen LogP contribution < -0.4 is 10.0 Å². The molecule has 2 aromatic carbocycles. The van der Waals surface area contributed by atoms with Gasteiger partial charge in [-0.05, 0) is 43.3 Å². The monoisotopic (exact) mass is 423 g/mol. The van der Waals surface area contributed by atoms with Gasteiger partial charge >= 0.3 is 0 Å². The van der Waals surface area contributed by atoms with E-state index in [1.54, 1.807) is 36.9 Å². The number of benzene rings is 2. The number of rotatable bonds is 6. The highest BCUT2D eigenvalue weighted by molar-refractivity contribution is 7.99. The van der Waals surface area contributed by atoms with Crippen LogP contribution in [-0.4, -0.2) is 38.5 Å². The Balaban J connectivity index is 1.55. The molecule has 0 radical (unpaired) electrons. The van der Waals surface area contributed by atoms with Crippen molar-refractivity contribution < 1.29 is 13.2 Å². The van der Waals surface area contributed by atoms with Crippen molar-refractivity contribution in [2.45, 2.75) is 22.8 Å². The Labute approximate surface area is 167 Å². The fourth-order valence-electron chi connectivity index (χ4n) is 2.50. The Morgan fingerprint density at radius 2 is 1.93 bits per heavy atom. The summed E-state index contributed by atoms with van der Waals surface area (Å²) in [5.74, 6) is 0.637. The number of nitrogens with one attached hydrogen (secondary N) is 2. The van der Waals surface area contributed by atoms with Crippen molar-refractivity contribution in [1.29, 1.82) is 0 Å². The van der Waals surface area contributed by atoms with Gasteiger partial charge in [-0.3, -0.25) is 14.5 Å². The van der Waals surface area contributed by atoms with Crippen LogP contribution in [0.4, 0.5) is 0 Å². The second-order valence-electron chi connectivity index (χ2n) is 5.85. The molecule has 1 aliphatic rings. The Bertz CT molecular complexity index is 976. The Morgan fingerprint density at radius 1 is 1.22 bits per heavy atom. The second kappa shape index (κ2) is 8.33. The molecule has 0 saturated heterocycles.